The first kappa shape index (κ1) is 15.4. The number of aryl methyl sites for hydroxylation is 2. The molecule has 2 aliphatic rings. The molecule has 1 amide bonds. The van der Waals surface area contributed by atoms with Gasteiger partial charge in [0.1, 0.15) is 5.76 Å². The normalized spacial score (nSPS) is 18.6. The predicted octanol–water partition coefficient (Wildman–Crippen LogP) is 2.61. The Kier molecular flexibility index (Phi) is 4.12. The number of likely N-dealkylation sites (tertiary alicyclic amines) is 1. The quantitative estimate of drug-likeness (QED) is 0.869. The first-order chi connectivity index (χ1) is 11.7. The first-order valence-corrected chi connectivity index (χ1v) is 8.96. The van der Waals surface area contributed by atoms with Gasteiger partial charge in [-0.05, 0) is 50.5 Å². The van der Waals surface area contributed by atoms with Gasteiger partial charge in [0.2, 0.25) is 0 Å². The van der Waals surface area contributed by atoms with Crippen molar-refractivity contribution < 1.29 is 9.32 Å². The van der Waals surface area contributed by atoms with Gasteiger partial charge < -0.3 is 9.42 Å². The van der Waals surface area contributed by atoms with Crippen molar-refractivity contribution in [3.8, 4) is 0 Å². The molecule has 1 aliphatic carbocycles. The molecule has 0 unspecified atom stereocenters. The largest absolute Gasteiger partial charge is 0.360 e. The molecule has 2 aromatic rings. The summed E-state index contributed by atoms with van der Waals surface area (Å²) in [6.45, 7) is 4.59. The van der Waals surface area contributed by atoms with Crippen molar-refractivity contribution >= 4 is 5.91 Å². The highest BCUT2D eigenvalue weighted by molar-refractivity contribution is 5.94. The first-order valence-electron chi connectivity index (χ1n) is 8.96. The Hall–Kier alpha value is -2.11. The lowest BCUT2D eigenvalue weighted by atomic mass is 9.94. The number of amides is 1. The summed E-state index contributed by atoms with van der Waals surface area (Å²) in [4.78, 5) is 14.7. The molecule has 6 heteroatoms. The molecule has 0 saturated carbocycles. The fraction of sp³-hybridized carbons (Fsp3) is 0.611. The molecule has 128 valence electrons. The zero-order valence-corrected chi connectivity index (χ0v) is 14.2. The molecule has 0 atom stereocenters. The molecular formula is C18H24N4O2. The molecule has 0 bridgehead atoms. The summed E-state index contributed by atoms with van der Waals surface area (Å²) in [6, 6.07) is 0. The van der Waals surface area contributed by atoms with Crippen LogP contribution in [0.3, 0.4) is 0 Å². The topological polar surface area (TPSA) is 64.2 Å². The maximum atomic E-state index is 12.8. The molecule has 1 fully saturated rings. The van der Waals surface area contributed by atoms with Gasteiger partial charge in [-0.3, -0.25) is 9.48 Å². The predicted molar refractivity (Wildman–Crippen MR) is 88.7 cm³/mol. The van der Waals surface area contributed by atoms with E-state index in [9.17, 15) is 4.79 Å². The molecule has 6 nitrogen and oxygen atoms in total. The van der Waals surface area contributed by atoms with Crippen molar-refractivity contribution in [2.24, 2.45) is 5.92 Å². The van der Waals surface area contributed by atoms with Crippen LogP contribution in [0, 0.1) is 12.8 Å². The average Bonchev–Trinajstić information content (AvgIpc) is 3.21. The van der Waals surface area contributed by atoms with Crippen LogP contribution in [-0.2, 0) is 19.4 Å². The number of hydrogen-bond donors (Lipinski definition) is 0. The fourth-order valence-electron chi connectivity index (χ4n) is 3.85. The van der Waals surface area contributed by atoms with E-state index in [0.29, 0.717) is 11.6 Å². The van der Waals surface area contributed by atoms with Gasteiger partial charge in [-0.15, -0.1) is 0 Å². The van der Waals surface area contributed by atoms with E-state index in [2.05, 4.69) is 23.4 Å². The standard InChI is InChI=1S/C18H24N4O2/c1-13-10-19-22(11-13)12-14-6-8-21(9-7-14)18(23)17-15-4-2-3-5-16(15)24-20-17/h10-11,14H,2-9,12H2,1H3. The number of aromatic nitrogens is 3. The maximum absolute atomic E-state index is 12.8. The van der Waals surface area contributed by atoms with Crippen LogP contribution in [0.15, 0.2) is 16.9 Å². The van der Waals surface area contributed by atoms with Crippen LogP contribution in [0.2, 0.25) is 0 Å². The van der Waals surface area contributed by atoms with Gasteiger partial charge in [-0.2, -0.15) is 5.10 Å². The summed E-state index contributed by atoms with van der Waals surface area (Å²) >= 11 is 0. The minimum absolute atomic E-state index is 0.0512. The van der Waals surface area contributed by atoms with Crippen LogP contribution in [0.4, 0.5) is 0 Å². The summed E-state index contributed by atoms with van der Waals surface area (Å²) in [7, 11) is 0. The van der Waals surface area contributed by atoms with Gasteiger partial charge in [-0.25, -0.2) is 0 Å². The third-order valence-electron chi connectivity index (χ3n) is 5.26. The summed E-state index contributed by atoms with van der Waals surface area (Å²) in [6.07, 6.45) is 10.1. The van der Waals surface area contributed by atoms with E-state index >= 15 is 0 Å². The minimum atomic E-state index is 0.0512. The summed E-state index contributed by atoms with van der Waals surface area (Å²) in [5, 5.41) is 8.45. The van der Waals surface area contributed by atoms with E-state index in [1.54, 1.807) is 0 Å². The number of hydrogen-bond acceptors (Lipinski definition) is 4. The number of fused-ring (bicyclic) bond motifs is 1. The number of carbonyl (C=O) groups is 1. The molecule has 2 aromatic heterocycles. The zero-order chi connectivity index (χ0) is 16.5. The number of carbonyl (C=O) groups excluding carboxylic acids is 1. The van der Waals surface area contributed by atoms with E-state index in [-0.39, 0.29) is 5.91 Å². The molecule has 0 radical (unpaired) electrons. The Bertz CT molecular complexity index is 725. The van der Waals surface area contributed by atoms with Gasteiger partial charge in [-0.1, -0.05) is 5.16 Å². The highest BCUT2D eigenvalue weighted by atomic mass is 16.5. The van der Waals surface area contributed by atoms with Crippen LogP contribution < -0.4 is 0 Å². The lowest BCUT2D eigenvalue weighted by Crippen LogP contribution is -2.40. The molecule has 1 saturated heterocycles. The van der Waals surface area contributed by atoms with Crippen LogP contribution in [-0.4, -0.2) is 38.8 Å². The molecular weight excluding hydrogens is 304 g/mol. The summed E-state index contributed by atoms with van der Waals surface area (Å²) in [5.74, 6) is 1.56. The monoisotopic (exact) mass is 328 g/mol. The fourth-order valence-corrected chi connectivity index (χ4v) is 3.85. The molecule has 0 spiro atoms. The summed E-state index contributed by atoms with van der Waals surface area (Å²) in [5.41, 5.74) is 2.81. The second kappa shape index (κ2) is 6.42. The molecule has 24 heavy (non-hydrogen) atoms. The Morgan fingerprint density at radius 1 is 1.29 bits per heavy atom. The van der Waals surface area contributed by atoms with Crippen molar-refractivity contribution in [2.75, 3.05) is 13.1 Å². The van der Waals surface area contributed by atoms with Gasteiger partial charge in [0.25, 0.3) is 5.91 Å². The van der Waals surface area contributed by atoms with Crippen molar-refractivity contribution in [1.82, 2.24) is 19.8 Å². The van der Waals surface area contributed by atoms with E-state index in [1.165, 1.54) is 5.56 Å². The second-order valence-electron chi connectivity index (χ2n) is 7.12. The molecule has 3 heterocycles. The molecule has 0 N–H and O–H groups in total. The van der Waals surface area contributed by atoms with Crippen molar-refractivity contribution in [1.29, 1.82) is 0 Å². The van der Waals surface area contributed by atoms with E-state index in [4.69, 9.17) is 4.52 Å². The highest BCUT2D eigenvalue weighted by Crippen LogP contribution is 2.27. The molecule has 0 aromatic carbocycles. The van der Waals surface area contributed by atoms with Gasteiger partial charge >= 0.3 is 0 Å². The Morgan fingerprint density at radius 2 is 2.08 bits per heavy atom. The van der Waals surface area contributed by atoms with Gasteiger partial charge in [0.05, 0.1) is 6.20 Å². The third kappa shape index (κ3) is 2.97. The third-order valence-corrected chi connectivity index (χ3v) is 5.26. The van der Waals surface area contributed by atoms with Crippen molar-refractivity contribution in [3.63, 3.8) is 0 Å². The SMILES string of the molecule is Cc1cnn(CC2CCN(C(=O)c3noc4c3CCCC4)CC2)c1. The maximum Gasteiger partial charge on any atom is 0.276 e. The average molecular weight is 328 g/mol. The number of nitrogens with zero attached hydrogens (tertiary/aromatic N) is 4. The lowest BCUT2D eigenvalue weighted by Gasteiger charge is -2.31. The van der Waals surface area contributed by atoms with Crippen molar-refractivity contribution in [3.05, 3.63) is 35.0 Å². The Labute approximate surface area is 141 Å². The van der Waals surface area contributed by atoms with E-state index in [1.807, 2.05) is 15.8 Å². The minimum Gasteiger partial charge on any atom is -0.360 e. The Morgan fingerprint density at radius 3 is 2.83 bits per heavy atom. The zero-order valence-electron chi connectivity index (χ0n) is 14.2. The smallest absolute Gasteiger partial charge is 0.276 e. The van der Waals surface area contributed by atoms with E-state index in [0.717, 1.165) is 69.5 Å². The second-order valence-corrected chi connectivity index (χ2v) is 7.12. The Balaban J connectivity index is 1.37. The van der Waals surface area contributed by atoms with Crippen LogP contribution in [0.5, 0.6) is 0 Å². The van der Waals surface area contributed by atoms with Gasteiger partial charge in [0, 0.05) is 37.8 Å². The number of rotatable bonds is 3. The molecule has 4 rings (SSSR count). The summed E-state index contributed by atoms with van der Waals surface area (Å²) < 4.78 is 7.41. The van der Waals surface area contributed by atoms with Crippen LogP contribution >= 0.6 is 0 Å². The lowest BCUT2D eigenvalue weighted by molar-refractivity contribution is 0.0670. The van der Waals surface area contributed by atoms with E-state index < -0.39 is 0 Å². The number of piperidine rings is 1. The molecule has 1 aliphatic heterocycles. The van der Waals surface area contributed by atoms with Crippen LogP contribution in [0.25, 0.3) is 0 Å². The van der Waals surface area contributed by atoms with Crippen molar-refractivity contribution in [2.45, 2.75) is 52.0 Å². The van der Waals surface area contributed by atoms with Gasteiger partial charge in [0.15, 0.2) is 5.69 Å². The highest BCUT2D eigenvalue weighted by Gasteiger charge is 2.30. The van der Waals surface area contributed by atoms with Crippen LogP contribution in [0.1, 0.15) is 53.1 Å².